The van der Waals surface area contributed by atoms with Crippen molar-refractivity contribution in [2.24, 2.45) is 5.92 Å². The van der Waals surface area contributed by atoms with Gasteiger partial charge in [0.2, 0.25) is 0 Å². The van der Waals surface area contributed by atoms with Crippen molar-refractivity contribution in [2.75, 3.05) is 26.7 Å². The first-order valence-electron chi connectivity index (χ1n) is 6.38. The first-order chi connectivity index (χ1) is 8.33. The molecule has 3 nitrogen and oxygen atoms in total. The highest BCUT2D eigenvalue weighted by molar-refractivity contribution is 5.15. The van der Waals surface area contributed by atoms with Crippen LogP contribution in [0.5, 0.6) is 0 Å². The Labute approximate surface area is 103 Å². The third-order valence-electron chi connectivity index (χ3n) is 3.61. The van der Waals surface area contributed by atoms with Gasteiger partial charge in [-0.25, -0.2) is 0 Å². The molecule has 2 rings (SSSR count). The molecule has 3 heteroatoms. The van der Waals surface area contributed by atoms with E-state index in [9.17, 15) is 0 Å². The lowest BCUT2D eigenvalue weighted by Gasteiger charge is -2.43. The van der Waals surface area contributed by atoms with Gasteiger partial charge in [0.05, 0.1) is 0 Å². The van der Waals surface area contributed by atoms with Gasteiger partial charge in [0.15, 0.2) is 0 Å². The van der Waals surface area contributed by atoms with Crippen LogP contribution in [0.3, 0.4) is 0 Å². The molecule has 1 heterocycles. The van der Waals surface area contributed by atoms with Gasteiger partial charge in [0.25, 0.3) is 0 Å². The third kappa shape index (κ3) is 3.28. The van der Waals surface area contributed by atoms with Gasteiger partial charge in [-0.3, -0.25) is 4.90 Å². The van der Waals surface area contributed by atoms with Gasteiger partial charge in [-0.05, 0) is 24.9 Å². The zero-order valence-corrected chi connectivity index (χ0v) is 10.5. The molecule has 1 aromatic rings. The summed E-state index contributed by atoms with van der Waals surface area (Å²) in [5, 5.41) is 12.3. The summed E-state index contributed by atoms with van der Waals surface area (Å²) in [6.45, 7) is 3.61. The number of nitrogens with one attached hydrogen (secondary N) is 1. The van der Waals surface area contributed by atoms with Crippen molar-refractivity contribution in [3.8, 4) is 0 Å². The fourth-order valence-electron chi connectivity index (χ4n) is 2.59. The highest BCUT2D eigenvalue weighted by Crippen LogP contribution is 2.22. The lowest BCUT2D eigenvalue weighted by Crippen LogP contribution is -2.54. The highest BCUT2D eigenvalue weighted by atomic mass is 16.3. The number of rotatable bonds is 6. The molecule has 17 heavy (non-hydrogen) atoms. The molecule has 0 bridgehead atoms. The van der Waals surface area contributed by atoms with Gasteiger partial charge in [-0.15, -0.1) is 0 Å². The van der Waals surface area contributed by atoms with E-state index in [0.717, 1.165) is 26.1 Å². The second kappa shape index (κ2) is 6.15. The van der Waals surface area contributed by atoms with Crippen LogP contribution in [0.15, 0.2) is 30.3 Å². The van der Waals surface area contributed by atoms with Gasteiger partial charge < -0.3 is 10.4 Å². The Hall–Kier alpha value is -0.900. The minimum Gasteiger partial charge on any atom is -0.396 e. The molecule has 0 amide bonds. The quantitative estimate of drug-likeness (QED) is 0.773. The normalized spacial score (nSPS) is 18.9. The number of aliphatic hydroxyl groups excluding tert-OH is 1. The minimum atomic E-state index is 0.278. The van der Waals surface area contributed by atoms with Gasteiger partial charge >= 0.3 is 0 Å². The molecule has 1 saturated heterocycles. The van der Waals surface area contributed by atoms with Crippen molar-refractivity contribution < 1.29 is 5.11 Å². The predicted octanol–water partition coefficient (Wildman–Crippen LogP) is 1.09. The Morgan fingerprint density at radius 3 is 2.65 bits per heavy atom. The molecule has 0 unspecified atom stereocenters. The van der Waals surface area contributed by atoms with Crippen LogP contribution in [-0.4, -0.2) is 42.8 Å². The number of benzene rings is 1. The molecule has 1 aliphatic rings. The summed E-state index contributed by atoms with van der Waals surface area (Å²) < 4.78 is 0. The fourth-order valence-corrected chi connectivity index (χ4v) is 2.59. The highest BCUT2D eigenvalue weighted by Gasteiger charge is 2.31. The summed E-state index contributed by atoms with van der Waals surface area (Å²) in [4.78, 5) is 2.46. The molecule has 2 N–H and O–H groups in total. The summed E-state index contributed by atoms with van der Waals surface area (Å²) >= 11 is 0. The summed E-state index contributed by atoms with van der Waals surface area (Å²) in [5.74, 6) is 0.691. The second-order valence-corrected chi connectivity index (χ2v) is 4.85. The zero-order chi connectivity index (χ0) is 12.1. The molecule has 1 fully saturated rings. The van der Waals surface area contributed by atoms with E-state index in [2.05, 4.69) is 40.5 Å². The van der Waals surface area contributed by atoms with Gasteiger partial charge in [-0.1, -0.05) is 30.3 Å². The maximum Gasteiger partial charge on any atom is 0.0445 e. The van der Waals surface area contributed by atoms with Crippen LogP contribution >= 0.6 is 0 Å². The first kappa shape index (κ1) is 12.6. The molecule has 0 aromatic heterocycles. The fraction of sp³-hybridized carbons (Fsp3) is 0.571. The molecule has 1 aliphatic heterocycles. The van der Waals surface area contributed by atoms with Crippen LogP contribution in [0.2, 0.25) is 0 Å². The molecule has 0 saturated carbocycles. The lowest BCUT2D eigenvalue weighted by molar-refractivity contribution is 0.0585. The van der Waals surface area contributed by atoms with Crippen molar-refractivity contribution in [2.45, 2.75) is 19.0 Å². The van der Waals surface area contributed by atoms with Crippen LogP contribution in [0, 0.1) is 5.92 Å². The first-order valence-corrected chi connectivity index (χ1v) is 6.38. The number of aliphatic hydroxyl groups is 1. The second-order valence-electron chi connectivity index (χ2n) is 4.85. The number of nitrogens with zero attached hydrogens (tertiary/aromatic N) is 1. The van der Waals surface area contributed by atoms with Crippen LogP contribution in [0.1, 0.15) is 12.0 Å². The lowest BCUT2D eigenvalue weighted by atomic mass is 9.89. The Balaban J connectivity index is 1.75. The van der Waals surface area contributed by atoms with E-state index in [1.165, 1.54) is 5.56 Å². The van der Waals surface area contributed by atoms with Crippen molar-refractivity contribution in [1.82, 2.24) is 10.2 Å². The average Bonchev–Trinajstić information content (AvgIpc) is 2.32. The van der Waals surface area contributed by atoms with E-state index in [-0.39, 0.29) is 6.61 Å². The average molecular weight is 234 g/mol. The van der Waals surface area contributed by atoms with Crippen molar-refractivity contribution in [3.63, 3.8) is 0 Å². The van der Waals surface area contributed by atoms with Gasteiger partial charge in [0, 0.05) is 32.3 Å². The molecular weight excluding hydrogens is 212 g/mol. The van der Waals surface area contributed by atoms with Crippen LogP contribution in [0.25, 0.3) is 0 Å². The van der Waals surface area contributed by atoms with Crippen molar-refractivity contribution in [3.05, 3.63) is 35.9 Å². The van der Waals surface area contributed by atoms with E-state index in [4.69, 9.17) is 5.11 Å². The Kier molecular flexibility index (Phi) is 4.54. The largest absolute Gasteiger partial charge is 0.396 e. The summed E-state index contributed by atoms with van der Waals surface area (Å²) in [5.41, 5.74) is 1.38. The molecule has 1 atom stereocenters. The maximum absolute atomic E-state index is 8.98. The van der Waals surface area contributed by atoms with E-state index in [1.54, 1.807) is 0 Å². The summed E-state index contributed by atoms with van der Waals surface area (Å²) in [6.07, 6.45) is 0.861. The van der Waals surface area contributed by atoms with E-state index < -0.39 is 0 Å². The zero-order valence-electron chi connectivity index (χ0n) is 10.5. The number of likely N-dealkylation sites (tertiary alicyclic amines) is 1. The van der Waals surface area contributed by atoms with Crippen LogP contribution < -0.4 is 5.32 Å². The predicted molar refractivity (Wildman–Crippen MR) is 69.8 cm³/mol. The Bertz CT molecular complexity index is 322. The summed E-state index contributed by atoms with van der Waals surface area (Å²) in [6, 6.07) is 11.1. The Morgan fingerprint density at radius 2 is 2.06 bits per heavy atom. The maximum atomic E-state index is 8.98. The molecule has 1 aromatic carbocycles. The topological polar surface area (TPSA) is 35.5 Å². The molecule has 94 valence electrons. The standard InChI is InChI=1S/C14H22N2O/c1-15-14(7-8-17)13-10-16(11-13)9-12-5-3-2-4-6-12/h2-6,13-15,17H,7-11H2,1H3/t14-/m1/s1. The van der Waals surface area contributed by atoms with Crippen molar-refractivity contribution >= 4 is 0 Å². The summed E-state index contributed by atoms with van der Waals surface area (Å²) in [7, 11) is 1.99. The molecule has 0 aliphatic carbocycles. The third-order valence-corrected chi connectivity index (χ3v) is 3.61. The van der Waals surface area contributed by atoms with Crippen LogP contribution in [0.4, 0.5) is 0 Å². The Morgan fingerprint density at radius 1 is 1.35 bits per heavy atom. The van der Waals surface area contributed by atoms with Crippen molar-refractivity contribution in [1.29, 1.82) is 0 Å². The molecular formula is C14H22N2O. The monoisotopic (exact) mass is 234 g/mol. The minimum absolute atomic E-state index is 0.278. The van der Waals surface area contributed by atoms with E-state index in [0.29, 0.717) is 12.0 Å². The smallest absolute Gasteiger partial charge is 0.0445 e. The van der Waals surface area contributed by atoms with Gasteiger partial charge in [-0.2, -0.15) is 0 Å². The molecule has 0 radical (unpaired) electrons. The van der Waals surface area contributed by atoms with E-state index in [1.807, 2.05) is 7.05 Å². The van der Waals surface area contributed by atoms with Gasteiger partial charge in [0.1, 0.15) is 0 Å². The molecule has 0 spiro atoms. The van der Waals surface area contributed by atoms with E-state index >= 15 is 0 Å². The van der Waals surface area contributed by atoms with Crippen LogP contribution in [-0.2, 0) is 6.54 Å². The number of hydrogen-bond acceptors (Lipinski definition) is 3. The SMILES string of the molecule is CN[C@H](CCO)C1CN(Cc2ccccc2)C1. The number of hydrogen-bond donors (Lipinski definition) is 2.